The molecule has 1 aromatic rings. The number of methoxy groups -OCH3 is 1. The van der Waals surface area contributed by atoms with Crippen molar-refractivity contribution >= 4 is 12.0 Å². The maximum Gasteiger partial charge on any atom is 0.330 e. The zero-order valence-electron chi connectivity index (χ0n) is 15.0. The van der Waals surface area contributed by atoms with Crippen LogP contribution in [0.3, 0.4) is 0 Å². The molecule has 0 heterocycles. The van der Waals surface area contributed by atoms with Gasteiger partial charge in [-0.15, -0.1) is 0 Å². The summed E-state index contributed by atoms with van der Waals surface area (Å²) in [5.41, 5.74) is 3.65. The Bertz CT molecular complexity index is 489. The van der Waals surface area contributed by atoms with Gasteiger partial charge in [-0.25, -0.2) is 4.79 Å². The highest BCUT2D eigenvalue weighted by molar-refractivity contribution is 5.87. The number of rotatable bonds is 10. The Labute approximate surface area is 140 Å². The van der Waals surface area contributed by atoms with Gasteiger partial charge in [-0.3, -0.25) is 0 Å². The minimum Gasteiger partial charge on any atom is -0.497 e. The maximum atomic E-state index is 11.7. The maximum absolute atomic E-state index is 11.7. The smallest absolute Gasteiger partial charge is 0.330 e. The van der Waals surface area contributed by atoms with Crippen molar-refractivity contribution in [3.63, 3.8) is 0 Å². The first-order chi connectivity index (χ1) is 11.2. The van der Waals surface area contributed by atoms with Gasteiger partial charge in [0.15, 0.2) is 0 Å². The standard InChI is InChI=1S/C20H30O3/c1-5-8-10-16-14-18(22-4)15-17(11-9-6-2)19(16)12-13-20(21)23-7-3/h12-15H,5-11H2,1-4H3/b13-12+. The molecule has 128 valence electrons. The Morgan fingerprint density at radius 3 is 2.04 bits per heavy atom. The van der Waals surface area contributed by atoms with Crippen LogP contribution >= 0.6 is 0 Å². The summed E-state index contributed by atoms with van der Waals surface area (Å²) in [6.07, 6.45) is 9.97. The lowest BCUT2D eigenvalue weighted by Gasteiger charge is -2.14. The van der Waals surface area contributed by atoms with Gasteiger partial charge in [-0.1, -0.05) is 26.7 Å². The van der Waals surface area contributed by atoms with E-state index in [1.807, 2.05) is 13.0 Å². The molecule has 0 aliphatic rings. The number of ether oxygens (including phenoxy) is 2. The Kier molecular flexibility index (Phi) is 9.11. The molecule has 0 N–H and O–H groups in total. The van der Waals surface area contributed by atoms with Crippen LogP contribution in [-0.4, -0.2) is 19.7 Å². The number of esters is 1. The van der Waals surface area contributed by atoms with Crippen molar-refractivity contribution < 1.29 is 14.3 Å². The molecule has 3 nitrogen and oxygen atoms in total. The molecule has 0 radical (unpaired) electrons. The fourth-order valence-electron chi connectivity index (χ4n) is 2.57. The van der Waals surface area contributed by atoms with E-state index in [4.69, 9.17) is 9.47 Å². The van der Waals surface area contributed by atoms with Gasteiger partial charge in [0, 0.05) is 6.08 Å². The van der Waals surface area contributed by atoms with Gasteiger partial charge in [0.25, 0.3) is 0 Å². The average Bonchev–Trinajstić information content (AvgIpc) is 2.56. The normalized spacial score (nSPS) is 11.0. The first kappa shape index (κ1) is 19.3. The van der Waals surface area contributed by atoms with E-state index in [1.165, 1.54) is 17.2 Å². The monoisotopic (exact) mass is 318 g/mol. The van der Waals surface area contributed by atoms with Gasteiger partial charge in [0.2, 0.25) is 0 Å². The van der Waals surface area contributed by atoms with Crippen molar-refractivity contribution in [1.29, 1.82) is 0 Å². The highest BCUT2D eigenvalue weighted by Crippen LogP contribution is 2.27. The first-order valence-electron chi connectivity index (χ1n) is 8.70. The van der Waals surface area contributed by atoms with Crippen LogP contribution in [0.25, 0.3) is 6.08 Å². The van der Waals surface area contributed by atoms with Crippen molar-refractivity contribution in [1.82, 2.24) is 0 Å². The van der Waals surface area contributed by atoms with Crippen LogP contribution in [0.1, 0.15) is 63.1 Å². The topological polar surface area (TPSA) is 35.5 Å². The number of hydrogen-bond donors (Lipinski definition) is 0. The van der Waals surface area contributed by atoms with Crippen LogP contribution in [0, 0.1) is 0 Å². The molecule has 0 saturated carbocycles. The van der Waals surface area contributed by atoms with Crippen molar-refractivity contribution in [2.24, 2.45) is 0 Å². The molecule has 1 rings (SSSR count). The van der Waals surface area contributed by atoms with Gasteiger partial charge in [0.1, 0.15) is 5.75 Å². The molecular weight excluding hydrogens is 288 g/mol. The number of aryl methyl sites for hydroxylation is 2. The van der Waals surface area contributed by atoms with Crippen LogP contribution < -0.4 is 4.74 Å². The molecule has 0 aliphatic carbocycles. The van der Waals surface area contributed by atoms with E-state index >= 15 is 0 Å². The van der Waals surface area contributed by atoms with Crippen LogP contribution in [0.5, 0.6) is 5.75 Å². The van der Waals surface area contributed by atoms with Gasteiger partial charge in [0.05, 0.1) is 13.7 Å². The number of benzene rings is 1. The summed E-state index contributed by atoms with van der Waals surface area (Å²) in [5.74, 6) is 0.613. The van der Waals surface area contributed by atoms with Crippen molar-refractivity contribution in [2.75, 3.05) is 13.7 Å². The second-order valence-electron chi connectivity index (χ2n) is 5.65. The van der Waals surface area contributed by atoms with E-state index in [1.54, 1.807) is 7.11 Å². The Balaban J connectivity index is 3.19. The van der Waals surface area contributed by atoms with Gasteiger partial charge in [-0.05, 0) is 67.5 Å². The molecule has 0 aliphatic heterocycles. The van der Waals surface area contributed by atoms with Gasteiger partial charge < -0.3 is 9.47 Å². The van der Waals surface area contributed by atoms with Crippen molar-refractivity contribution in [3.8, 4) is 5.75 Å². The fourth-order valence-corrected chi connectivity index (χ4v) is 2.57. The zero-order valence-corrected chi connectivity index (χ0v) is 15.0. The lowest BCUT2D eigenvalue weighted by molar-refractivity contribution is -0.137. The molecule has 0 bridgehead atoms. The Hall–Kier alpha value is -1.77. The summed E-state index contributed by atoms with van der Waals surface area (Å²) < 4.78 is 10.5. The SMILES string of the molecule is CCCCc1cc(OC)cc(CCCC)c1/C=C/C(=O)OCC. The lowest BCUT2D eigenvalue weighted by atomic mass is 9.93. The molecule has 1 aromatic carbocycles. The van der Waals surface area contributed by atoms with Crippen LogP contribution in [-0.2, 0) is 22.4 Å². The second kappa shape index (κ2) is 10.9. The summed E-state index contributed by atoms with van der Waals surface area (Å²) in [6.45, 7) is 6.59. The van der Waals surface area contributed by atoms with Crippen LogP contribution in [0.15, 0.2) is 18.2 Å². The second-order valence-corrected chi connectivity index (χ2v) is 5.65. The Morgan fingerprint density at radius 2 is 1.61 bits per heavy atom. The summed E-state index contributed by atoms with van der Waals surface area (Å²) >= 11 is 0. The minimum atomic E-state index is -0.286. The highest BCUT2D eigenvalue weighted by Gasteiger charge is 2.10. The van der Waals surface area contributed by atoms with Gasteiger partial charge in [-0.2, -0.15) is 0 Å². The van der Waals surface area contributed by atoms with E-state index in [0.29, 0.717) is 6.61 Å². The van der Waals surface area contributed by atoms with E-state index in [0.717, 1.165) is 49.8 Å². The Morgan fingerprint density at radius 1 is 1.04 bits per heavy atom. The third-order valence-electron chi connectivity index (χ3n) is 3.83. The summed E-state index contributed by atoms with van der Waals surface area (Å²) in [7, 11) is 1.71. The minimum absolute atomic E-state index is 0.286. The summed E-state index contributed by atoms with van der Waals surface area (Å²) in [5, 5.41) is 0. The van der Waals surface area contributed by atoms with Crippen LogP contribution in [0.2, 0.25) is 0 Å². The molecule has 0 spiro atoms. The fraction of sp³-hybridized carbons (Fsp3) is 0.550. The van der Waals surface area contributed by atoms with E-state index in [2.05, 4.69) is 26.0 Å². The highest BCUT2D eigenvalue weighted by atomic mass is 16.5. The summed E-state index contributed by atoms with van der Waals surface area (Å²) in [4.78, 5) is 11.7. The van der Waals surface area contributed by atoms with E-state index in [9.17, 15) is 4.79 Å². The molecular formula is C20H30O3. The lowest BCUT2D eigenvalue weighted by Crippen LogP contribution is -2.02. The van der Waals surface area contributed by atoms with Crippen molar-refractivity contribution in [2.45, 2.75) is 59.3 Å². The van der Waals surface area contributed by atoms with Crippen LogP contribution in [0.4, 0.5) is 0 Å². The molecule has 0 unspecified atom stereocenters. The van der Waals surface area contributed by atoms with E-state index in [-0.39, 0.29) is 5.97 Å². The summed E-state index contributed by atoms with van der Waals surface area (Å²) in [6, 6.07) is 4.19. The number of carbonyl (C=O) groups excluding carboxylic acids is 1. The average molecular weight is 318 g/mol. The third kappa shape index (κ3) is 6.47. The molecule has 0 atom stereocenters. The number of hydrogen-bond acceptors (Lipinski definition) is 3. The van der Waals surface area contributed by atoms with E-state index < -0.39 is 0 Å². The zero-order chi connectivity index (χ0) is 17.1. The number of carbonyl (C=O) groups is 1. The third-order valence-corrected chi connectivity index (χ3v) is 3.83. The first-order valence-corrected chi connectivity index (χ1v) is 8.70. The van der Waals surface area contributed by atoms with Crippen molar-refractivity contribution in [3.05, 3.63) is 34.9 Å². The molecule has 0 aromatic heterocycles. The van der Waals surface area contributed by atoms with Gasteiger partial charge >= 0.3 is 5.97 Å². The number of unbranched alkanes of at least 4 members (excludes halogenated alkanes) is 2. The largest absolute Gasteiger partial charge is 0.497 e. The molecule has 0 amide bonds. The molecule has 0 saturated heterocycles. The quantitative estimate of drug-likeness (QED) is 0.452. The molecule has 3 heteroatoms. The predicted octanol–water partition coefficient (Wildman–Crippen LogP) is 4.96. The molecule has 23 heavy (non-hydrogen) atoms. The predicted molar refractivity (Wildman–Crippen MR) is 95.9 cm³/mol. The molecule has 0 fully saturated rings.